The lowest BCUT2D eigenvalue weighted by Crippen LogP contribution is -2.22. The van der Waals surface area contributed by atoms with Crippen molar-refractivity contribution in [3.05, 3.63) is 96.6 Å². The smallest absolute Gasteiger partial charge is 0.155 e. The van der Waals surface area contributed by atoms with Gasteiger partial charge in [-0.05, 0) is 30.2 Å². The minimum atomic E-state index is -0.603. The van der Waals surface area contributed by atoms with Crippen molar-refractivity contribution in [2.24, 2.45) is 0 Å². The Balaban J connectivity index is 2.08. The van der Waals surface area contributed by atoms with Crippen molar-refractivity contribution in [2.45, 2.75) is 19.0 Å². The lowest BCUT2D eigenvalue weighted by Gasteiger charge is -2.28. The number of ketones is 1. The molecule has 0 radical (unpaired) electrons. The van der Waals surface area contributed by atoms with E-state index in [2.05, 4.69) is 78.9 Å². The average molecular weight is 332 g/mol. The first-order chi connectivity index (χ1) is 11.8. The molecule has 0 fully saturated rings. The van der Waals surface area contributed by atoms with Crippen LogP contribution in [0.2, 0.25) is 0 Å². The Labute approximate surface area is 145 Å². The molecule has 0 aliphatic heterocycles. The lowest BCUT2D eigenvalue weighted by molar-refractivity contribution is -0.114. The molecular weight excluding hydrogens is 311 g/mol. The van der Waals surface area contributed by atoms with Crippen LogP contribution in [-0.2, 0) is 4.79 Å². The predicted molar refractivity (Wildman–Crippen MR) is 105 cm³/mol. The fourth-order valence-corrected chi connectivity index (χ4v) is 5.51. The summed E-state index contributed by atoms with van der Waals surface area (Å²) >= 11 is 0. The Bertz CT molecular complexity index is 733. The normalized spacial score (nSPS) is 18.2. The Morgan fingerprint density at radius 2 is 1.54 bits per heavy atom. The molecule has 0 saturated carbocycles. The second-order valence-electron chi connectivity index (χ2n) is 5.69. The van der Waals surface area contributed by atoms with Gasteiger partial charge in [-0.25, -0.2) is 0 Å². The molecule has 1 atom stereocenters. The maximum atomic E-state index is 12.0. The summed E-state index contributed by atoms with van der Waals surface area (Å²) in [5.74, 6) is 0.186. The zero-order valence-corrected chi connectivity index (χ0v) is 14.7. The zero-order valence-electron chi connectivity index (χ0n) is 13.8. The summed E-state index contributed by atoms with van der Waals surface area (Å²) in [7, 11) is -0.603. The van der Waals surface area contributed by atoms with Gasteiger partial charge in [0.15, 0.2) is 5.78 Å². The van der Waals surface area contributed by atoms with Gasteiger partial charge in [0.2, 0.25) is 0 Å². The van der Waals surface area contributed by atoms with Crippen molar-refractivity contribution in [2.75, 3.05) is 0 Å². The molecule has 1 nitrogen and oxygen atoms in total. The molecule has 1 aliphatic carbocycles. The van der Waals surface area contributed by atoms with Crippen LogP contribution in [0, 0.1) is 0 Å². The van der Waals surface area contributed by atoms with E-state index >= 15 is 0 Å². The first kappa shape index (κ1) is 16.6. The van der Waals surface area contributed by atoms with E-state index in [1.54, 1.807) is 0 Å². The highest BCUT2D eigenvalue weighted by molar-refractivity contribution is 7.74. The van der Waals surface area contributed by atoms with Gasteiger partial charge >= 0.3 is 0 Å². The number of hydrogen-bond donors (Lipinski definition) is 0. The largest absolute Gasteiger partial charge is 0.295 e. The molecule has 0 heterocycles. The van der Waals surface area contributed by atoms with Gasteiger partial charge in [0.1, 0.15) is 0 Å². The van der Waals surface area contributed by atoms with Crippen molar-refractivity contribution >= 4 is 24.3 Å². The van der Waals surface area contributed by atoms with E-state index in [1.807, 2.05) is 19.1 Å². The number of carbonyl (C=O) groups excluding carboxylic acids is 1. The topological polar surface area (TPSA) is 17.1 Å². The molecule has 2 heteroatoms. The highest BCUT2D eigenvalue weighted by Gasteiger charge is 2.26. The second-order valence-corrected chi connectivity index (χ2v) is 8.02. The summed E-state index contributed by atoms with van der Waals surface area (Å²) in [6.07, 6.45) is 10.8. The average Bonchev–Trinajstić information content (AvgIpc) is 2.65. The first-order valence-electron chi connectivity index (χ1n) is 8.28. The van der Waals surface area contributed by atoms with Gasteiger partial charge in [0.25, 0.3) is 0 Å². The summed E-state index contributed by atoms with van der Waals surface area (Å²) in [4.78, 5) is 12.0. The molecule has 1 aliphatic rings. The number of carbonyl (C=O) groups is 1. The number of hydrogen-bond acceptors (Lipinski definition) is 1. The SMILES string of the molecule is CCC(=O)C=C1C=CC=CC1P(c1ccccc1)c1ccccc1. The molecule has 2 aromatic carbocycles. The lowest BCUT2D eigenvalue weighted by atomic mass is 10.1. The standard InChI is InChI=1S/C22H21OP/c1-2-19(23)17-18-11-9-10-16-22(18)24(20-12-5-3-6-13-20)21-14-7-4-8-15-21/h3-17,22H,2H2,1H3. The molecule has 0 bridgehead atoms. The van der Waals surface area contributed by atoms with Crippen molar-refractivity contribution < 1.29 is 4.79 Å². The first-order valence-corrected chi connectivity index (χ1v) is 9.69. The summed E-state index contributed by atoms with van der Waals surface area (Å²) in [5, 5.41) is 2.66. The third kappa shape index (κ3) is 3.80. The van der Waals surface area contributed by atoms with Gasteiger partial charge in [-0.2, -0.15) is 0 Å². The number of rotatable bonds is 5. The van der Waals surface area contributed by atoms with E-state index in [0.29, 0.717) is 6.42 Å². The molecule has 3 rings (SSSR count). The van der Waals surface area contributed by atoms with Crippen LogP contribution in [-0.4, -0.2) is 11.4 Å². The number of allylic oxidation sites excluding steroid dienone is 6. The van der Waals surface area contributed by atoms with Gasteiger partial charge in [-0.15, -0.1) is 0 Å². The highest BCUT2D eigenvalue weighted by atomic mass is 31.1. The van der Waals surface area contributed by atoms with Gasteiger partial charge in [-0.3, -0.25) is 4.79 Å². The third-order valence-electron chi connectivity index (χ3n) is 4.06. The monoisotopic (exact) mass is 332 g/mol. The second kappa shape index (κ2) is 8.04. The summed E-state index contributed by atoms with van der Waals surface area (Å²) < 4.78 is 0. The van der Waals surface area contributed by atoms with E-state index in [4.69, 9.17) is 0 Å². The Hall–Kier alpha value is -2.24. The van der Waals surface area contributed by atoms with E-state index in [0.717, 1.165) is 5.57 Å². The van der Waals surface area contributed by atoms with Crippen molar-refractivity contribution in [3.8, 4) is 0 Å². The van der Waals surface area contributed by atoms with Crippen molar-refractivity contribution in [3.63, 3.8) is 0 Å². The highest BCUT2D eigenvalue weighted by Crippen LogP contribution is 2.45. The molecule has 0 amide bonds. The number of benzene rings is 2. The molecule has 120 valence electrons. The molecular formula is C22H21OP. The summed E-state index contributed by atoms with van der Waals surface area (Å²) in [6, 6.07) is 21.3. The van der Waals surface area contributed by atoms with Crippen LogP contribution in [0.3, 0.4) is 0 Å². The van der Waals surface area contributed by atoms with Gasteiger partial charge in [0, 0.05) is 12.1 Å². The molecule has 0 spiro atoms. The van der Waals surface area contributed by atoms with E-state index < -0.39 is 7.92 Å². The Kier molecular flexibility index (Phi) is 5.56. The van der Waals surface area contributed by atoms with Crippen LogP contribution in [0.4, 0.5) is 0 Å². The third-order valence-corrected chi connectivity index (χ3v) is 6.79. The van der Waals surface area contributed by atoms with Crippen molar-refractivity contribution in [1.82, 2.24) is 0 Å². The maximum absolute atomic E-state index is 12.0. The van der Waals surface area contributed by atoms with Crippen LogP contribution in [0.25, 0.3) is 0 Å². The van der Waals surface area contributed by atoms with Crippen molar-refractivity contribution in [1.29, 1.82) is 0 Å². The Morgan fingerprint density at radius 3 is 2.08 bits per heavy atom. The van der Waals surface area contributed by atoms with Crippen LogP contribution in [0.1, 0.15) is 13.3 Å². The van der Waals surface area contributed by atoms with E-state index in [9.17, 15) is 4.79 Å². The summed E-state index contributed by atoms with van der Waals surface area (Å²) in [6.45, 7) is 1.91. The quantitative estimate of drug-likeness (QED) is 0.581. The van der Waals surface area contributed by atoms with Crippen LogP contribution < -0.4 is 10.6 Å². The summed E-state index contributed by atoms with van der Waals surface area (Å²) in [5.41, 5.74) is 1.34. The molecule has 0 saturated heterocycles. The molecule has 0 aromatic heterocycles. The zero-order chi connectivity index (χ0) is 16.8. The van der Waals surface area contributed by atoms with E-state index in [-0.39, 0.29) is 11.4 Å². The minimum Gasteiger partial charge on any atom is -0.295 e. The van der Waals surface area contributed by atoms with Crippen LogP contribution in [0.15, 0.2) is 96.6 Å². The fourth-order valence-electron chi connectivity index (χ4n) is 2.85. The molecule has 0 N–H and O–H groups in total. The molecule has 24 heavy (non-hydrogen) atoms. The minimum absolute atomic E-state index is 0.186. The van der Waals surface area contributed by atoms with Crippen LogP contribution >= 0.6 is 7.92 Å². The molecule has 1 unspecified atom stereocenters. The predicted octanol–water partition coefficient (Wildman–Crippen LogP) is 4.52. The fraction of sp³-hybridized carbons (Fsp3) is 0.136. The van der Waals surface area contributed by atoms with Gasteiger partial charge < -0.3 is 0 Å². The molecule has 2 aromatic rings. The van der Waals surface area contributed by atoms with Gasteiger partial charge in [0.05, 0.1) is 0 Å². The van der Waals surface area contributed by atoms with Gasteiger partial charge in [-0.1, -0.05) is 91.9 Å². The maximum Gasteiger partial charge on any atom is 0.155 e. The van der Waals surface area contributed by atoms with Crippen LogP contribution in [0.5, 0.6) is 0 Å². The Morgan fingerprint density at radius 1 is 0.958 bits per heavy atom. The van der Waals surface area contributed by atoms with E-state index in [1.165, 1.54) is 10.6 Å².